The van der Waals surface area contributed by atoms with Gasteiger partial charge in [-0.25, -0.2) is 0 Å². The van der Waals surface area contributed by atoms with E-state index in [-0.39, 0.29) is 0 Å². The monoisotopic (exact) mass is 270 g/mol. The van der Waals surface area contributed by atoms with Gasteiger partial charge in [-0.05, 0) is 36.1 Å². The highest BCUT2D eigenvalue weighted by molar-refractivity contribution is 7.09. The summed E-state index contributed by atoms with van der Waals surface area (Å²) in [5, 5.41) is 6.98. The van der Waals surface area contributed by atoms with Crippen LogP contribution in [0.2, 0.25) is 0 Å². The van der Waals surface area contributed by atoms with E-state index < -0.39 is 0 Å². The lowest BCUT2D eigenvalue weighted by Gasteiger charge is -2.07. The highest BCUT2D eigenvalue weighted by Gasteiger charge is 2.02. The Hall–Kier alpha value is -1.58. The Labute approximate surface area is 117 Å². The number of hydrogen-bond donors (Lipinski definition) is 1. The number of thiophene rings is 1. The zero-order chi connectivity index (χ0) is 13.1. The number of nitrogens with zero attached hydrogens (tertiary/aromatic N) is 1. The summed E-state index contributed by atoms with van der Waals surface area (Å²) in [6.45, 7) is 5.14. The van der Waals surface area contributed by atoms with Crippen molar-refractivity contribution in [1.29, 1.82) is 0 Å². The van der Waals surface area contributed by atoms with Crippen molar-refractivity contribution in [3.63, 3.8) is 0 Å². The quantitative estimate of drug-likeness (QED) is 0.698. The summed E-state index contributed by atoms with van der Waals surface area (Å²) in [6.07, 6.45) is 2.19. The average Bonchev–Trinajstić information content (AvgIpc) is 3.05. The molecule has 3 rings (SSSR count). The van der Waals surface area contributed by atoms with Gasteiger partial charge in [0.15, 0.2) is 0 Å². The fourth-order valence-corrected chi connectivity index (χ4v) is 3.07. The van der Waals surface area contributed by atoms with E-state index in [1.165, 1.54) is 21.3 Å². The standard InChI is InChI=1S/C16H18N2S/c1-13-4-2-6-16-15(13)7-9-18(16)10-8-17-12-14-5-3-11-19-14/h2-7,9,11,17H,8,10,12H2,1H3. The minimum absolute atomic E-state index is 0.968. The summed E-state index contributed by atoms with van der Waals surface area (Å²) in [5.74, 6) is 0. The third-order valence-corrected chi connectivity index (χ3v) is 4.32. The van der Waals surface area contributed by atoms with Crippen molar-refractivity contribution in [2.45, 2.75) is 20.0 Å². The SMILES string of the molecule is Cc1cccc2c1ccn2CCNCc1cccs1. The van der Waals surface area contributed by atoms with Crippen LogP contribution in [0.1, 0.15) is 10.4 Å². The Morgan fingerprint density at radius 2 is 2.11 bits per heavy atom. The molecule has 2 nitrogen and oxygen atoms in total. The summed E-state index contributed by atoms with van der Waals surface area (Å²) >= 11 is 1.81. The number of rotatable bonds is 5. The summed E-state index contributed by atoms with van der Waals surface area (Å²) in [4.78, 5) is 1.40. The Kier molecular flexibility index (Phi) is 3.67. The molecule has 0 aliphatic heterocycles. The normalized spacial score (nSPS) is 11.2. The summed E-state index contributed by atoms with van der Waals surface area (Å²) < 4.78 is 2.32. The zero-order valence-electron chi connectivity index (χ0n) is 11.1. The maximum atomic E-state index is 3.49. The molecule has 1 aromatic carbocycles. The molecule has 0 aliphatic rings. The highest BCUT2D eigenvalue weighted by Crippen LogP contribution is 2.19. The van der Waals surface area contributed by atoms with Crippen LogP contribution in [0.5, 0.6) is 0 Å². The van der Waals surface area contributed by atoms with Crippen LogP contribution >= 0.6 is 11.3 Å². The van der Waals surface area contributed by atoms with Gasteiger partial charge in [0.1, 0.15) is 0 Å². The van der Waals surface area contributed by atoms with Crippen LogP contribution in [0.4, 0.5) is 0 Å². The van der Waals surface area contributed by atoms with Crippen molar-refractivity contribution in [3.8, 4) is 0 Å². The maximum absolute atomic E-state index is 3.49. The number of benzene rings is 1. The molecule has 0 saturated heterocycles. The van der Waals surface area contributed by atoms with Gasteiger partial charge >= 0.3 is 0 Å². The minimum atomic E-state index is 0.968. The molecular weight excluding hydrogens is 252 g/mol. The van der Waals surface area contributed by atoms with Crippen molar-refractivity contribution in [2.24, 2.45) is 0 Å². The summed E-state index contributed by atoms with van der Waals surface area (Å²) in [7, 11) is 0. The molecule has 2 aromatic heterocycles. The predicted octanol–water partition coefficient (Wildman–Crippen LogP) is 3.80. The predicted molar refractivity (Wildman–Crippen MR) is 82.7 cm³/mol. The molecule has 0 unspecified atom stereocenters. The third-order valence-electron chi connectivity index (χ3n) is 3.44. The molecular formula is C16H18N2S. The second-order valence-corrected chi connectivity index (χ2v) is 5.81. The van der Waals surface area contributed by atoms with Crippen LogP contribution in [0.3, 0.4) is 0 Å². The first-order chi connectivity index (χ1) is 9.34. The highest BCUT2D eigenvalue weighted by atomic mass is 32.1. The molecule has 0 spiro atoms. The fourth-order valence-electron chi connectivity index (χ4n) is 2.40. The summed E-state index contributed by atoms with van der Waals surface area (Å²) in [6, 6.07) is 13.0. The van der Waals surface area contributed by atoms with E-state index in [2.05, 4.69) is 64.8 Å². The van der Waals surface area contributed by atoms with Crippen LogP contribution in [-0.2, 0) is 13.1 Å². The smallest absolute Gasteiger partial charge is 0.0483 e. The Morgan fingerprint density at radius 3 is 2.95 bits per heavy atom. The molecule has 0 radical (unpaired) electrons. The van der Waals surface area contributed by atoms with Gasteiger partial charge in [0.05, 0.1) is 0 Å². The number of nitrogens with one attached hydrogen (secondary N) is 1. The molecule has 98 valence electrons. The van der Waals surface area contributed by atoms with E-state index in [1.54, 1.807) is 11.3 Å². The first kappa shape index (κ1) is 12.5. The lowest BCUT2D eigenvalue weighted by atomic mass is 10.1. The van der Waals surface area contributed by atoms with Crippen molar-refractivity contribution in [1.82, 2.24) is 9.88 Å². The van der Waals surface area contributed by atoms with E-state index in [1.807, 2.05) is 0 Å². The van der Waals surface area contributed by atoms with Gasteiger partial charge in [0.2, 0.25) is 0 Å². The molecule has 2 heterocycles. The third kappa shape index (κ3) is 2.72. The Bertz CT molecular complexity index is 653. The van der Waals surface area contributed by atoms with E-state index >= 15 is 0 Å². The van der Waals surface area contributed by atoms with Crippen molar-refractivity contribution in [2.75, 3.05) is 6.54 Å². The number of hydrogen-bond acceptors (Lipinski definition) is 2. The molecule has 3 heteroatoms. The van der Waals surface area contributed by atoms with E-state index in [0.29, 0.717) is 0 Å². The van der Waals surface area contributed by atoms with Crippen LogP contribution in [0.25, 0.3) is 10.9 Å². The lowest BCUT2D eigenvalue weighted by molar-refractivity contribution is 0.613. The maximum Gasteiger partial charge on any atom is 0.0483 e. The number of fused-ring (bicyclic) bond motifs is 1. The number of aryl methyl sites for hydroxylation is 1. The average molecular weight is 270 g/mol. The first-order valence-electron chi connectivity index (χ1n) is 6.62. The second kappa shape index (κ2) is 5.59. The van der Waals surface area contributed by atoms with Gasteiger partial charge in [-0.15, -0.1) is 11.3 Å². The molecule has 0 saturated carbocycles. The second-order valence-electron chi connectivity index (χ2n) is 4.77. The molecule has 3 aromatic rings. The molecule has 19 heavy (non-hydrogen) atoms. The molecule has 0 aliphatic carbocycles. The lowest BCUT2D eigenvalue weighted by Crippen LogP contribution is -2.18. The van der Waals surface area contributed by atoms with Crippen molar-refractivity contribution < 1.29 is 0 Å². The molecule has 0 amide bonds. The molecule has 1 N–H and O–H groups in total. The van der Waals surface area contributed by atoms with Crippen LogP contribution in [0.15, 0.2) is 48.0 Å². The molecule has 0 atom stereocenters. The molecule has 0 fully saturated rings. The van der Waals surface area contributed by atoms with Crippen molar-refractivity contribution >= 4 is 22.2 Å². The van der Waals surface area contributed by atoms with Crippen LogP contribution in [-0.4, -0.2) is 11.1 Å². The Morgan fingerprint density at radius 1 is 1.16 bits per heavy atom. The first-order valence-corrected chi connectivity index (χ1v) is 7.50. The van der Waals surface area contributed by atoms with Gasteiger partial charge in [0.25, 0.3) is 0 Å². The van der Waals surface area contributed by atoms with Gasteiger partial charge in [-0.3, -0.25) is 0 Å². The van der Waals surface area contributed by atoms with Gasteiger partial charge in [-0.1, -0.05) is 18.2 Å². The summed E-state index contributed by atoms with van der Waals surface area (Å²) in [5.41, 5.74) is 2.68. The van der Waals surface area contributed by atoms with E-state index in [9.17, 15) is 0 Å². The minimum Gasteiger partial charge on any atom is -0.346 e. The van der Waals surface area contributed by atoms with Gasteiger partial charge in [0, 0.05) is 41.6 Å². The number of aromatic nitrogens is 1. The van der Waals surface area contributed by atoms with Crippen LogP contribution < -0.4 is 5.32 Å². The zero-order valence-corrected chi connectivity index (χ0v) is 11.9. The largest absolute Gasteiger partial charge is 0.346 e. The van der Waals surface area contributed by atoms with Gasteiger partial charge in [-0.2, -0.15) is 0 Å². The van der Waals surface area contributed by atoms with Crippen molar-refractivity contribution in [3.05, 3.63) is 58.4 Å². The fraction of sp³-hybridized carbons (Fsp3) is 0.250. The van der Waals surface area contributed by atoms with E-state index in [4.69, 9.17) is 0 Å². The van der Waals surface area contributed by atoms with Crippen LogP contribution in [0, 0.1) is 6.92 Å². The van der Waals surface area contributed by atoms with Gasteiger partial charge < -0.3 is 9.88 Å². The topological polar surface area (TPSA) is 17.0 Å². The Balaban J connectivity index is 1.61. The molecule has 0 bridgehead atoms. The van der Waals surface area contributed by atoms with E-state index in [0.717, 1.165) is 19.6 Å².